The van der Waals surface area contributed by atoms with E-state index < -0.39 is 10.8 Å². The summed E-state index contributed by atoms with van der Waals surface area (Å²) in [4.78, 5) is 24.7. The van der Waals surface area contributed by atoms with Crippen LogP contribution in [-0.2, 0) is 0 Å². The number of furan rings is 1. The van der Waals surface area contributed by atoms with Gasteiger partial charge < -0.3 is 4.42 Å². The van der Waals surface area contributed by atoms with Crippen molar-refractivity contribution in [2.75, 3.05) is 0 Å². The first-order valence-electron chi connectivity index (χ1n) is 5.43. The third kappa shape index (κ3) is 3.06. The summed E-state index contributed by atoms with van der Waals surface area (Å²) in [5, 5.41) is 18.9. The molecule has 0 aliphatic rings. The SMILES string of the molecule is O=C(NO)c1ccc(C=Cc2ccc([N+](=O)[O-])o2)cn1. The van der Waals surface area contributed by atoms with E-state index in [-0.39, 0.29) is 11.6 Å². The van der Waals surface area contributed by atoms with Crippen molar-refractivity contribution >= 4 is 23.9 Å². The van der Waals surface area contributed by atoms with Crippen LogP contribution in [0.5, 0.6) is 0 Å². The van der Waals surface area contributed by atoms with Gasteiger partial charge in [0, 0.05) is 6.20 Å². The number of nitrogens with one attached hydrogen (secondary N) is 1. The number of carbonyl (C=O) groups is 1. The lowest BCUT2D eigenvalue weighted by Gasteiger charge is -1.97. The van der Waals surface area contributed by atoms with Gasteiger partial charge in [-0.2, -0.15) is 0 Å². The van der Waals surface area contributed by atoms with Gasteiger partial charge in [-0.05, 0) is 29.8 Å². The van der Waals surface area contributed by atoms with Crippen molar-refractivity contribution in [3.8, 4) is 0 Å². The van der Waals surface area contributed by atoms with Gasteiger partial charge in [-0.3, -0.25) is 25.1 Å². The third-order valence-electron chi connectivity index (χ3n) is 2.35. The van der Waals surface area contributed by atoms with Gasteiger partial charge in [0.15, 0.2) is 0 Å². The fraction of sp³-hybridized carbons (Fsp3) is 0. The smallest absolute Gasteiger partial charge is 0.401 e. The average molecular weight is 275 g/mol. The van der Waals surface area contributed by atoms with E-state index >= 15 is 0 Å². The van der Waals surface area contributed by atoms with Crippen molar-refractivity contribution < 1.29 is 19.3 Å². The number of amides is 1. The Kier molecular flexibility index (Phi) is 3.87. The van der Waals surface area contributed by atoms with Gasteiger partial charge in [0.25, 0.3) is 5.91 Å². The molecule has 8 heteroatoms. The number of aromatic nitrogens is 1. The van der Waals surface area contributed by atoms with Gasteiger partial charge in [0.2, 0.25) is 0 Å². The number of nitro groups is 1. The Morgan fingerprint density at radius 2 is 2.15 bits per heavy atom. The fourth-order valence-corrected chi connectivity index (χ4v) is 1.40. The van der Waals surface area contributed by atoms with E-state index in [0.717, 1.165) is 0 Å². The molecule has 0 spiro atoms. The lowest BCUT2D eigenvalue weighted by Crippen LogP contribution is -2.19. The molecule has 20 heavy (non-hydrogen) atoms. The average Bonchev–Trinajstić information content (AvgIpc) is 2.94. The molecule has 0 bridgehead atoms. The van der Waals surface area contributed by atoms with Crippen LogP contribution in [0, 0.1) is 10.1 Å². The quantitative estimate of drug-likeness (QED) is 0.499. The van der Waals surface area contributed by atoms with Crippen LogP contribution in [0.2, 0.25) is 0 Å². The number of carbonyl (C=O) groups excluding carboxylic acids is 1. The Balaban J connectivity index is 2.10. The maximum Gasteiger partial charge on any atom is 0.433 e. The van der Waals surface area contributed by atoms with Crippen LogP contribution in [0.4, 0.5) is 5.88 Å². The molecule has 102 valence electrons. The Bertz CT molecular complexity index is 660. The second kappa shape index (κ2) is 5.76. The van der Waals surface area contributed by atoms with E-state index in [2.05, 4.69) is 4.98 Å². The summed E-state index contributed by atoms with van der Waals surface area (Å²) in [6.07, 6.45) is 4.57. The minimum atomic E-state index is -0.706. The molecule has 0 aliphatic carbocycles. The minimum absolute atomic E-state index is 0.0679. The third-order valence-corrected chi connectivity index (χ3v) is 2.35. The van der Waals surface area contributed by atoms with Crippen molar-refractivity contribution in [2.24, 2.45) is 0 Å². The number of pyridine rings is 1. The predicted octanol–water partition coefficient (Wildman–Crippen LogP) is 1.87. The topological polar surface area (TPSA) is 118 Å². The number of hydrogen-bond acceptors (Lipinski definition) is 6. The van der Waals surface area contributed by atoms with E-state index in [4.69, 9.17) is 9.62 Å². The summed E-state index contributed by atoms with van der Waals surface area (Å²) in [5.74, 6) is -0.714. The summed E-state index contributed by atoms with van der Waals surface area (Å²) < 4.78 is 4.94. The van der Waals surface area contributed by atoms with Crippen molar-refractivity contribution in [3.05, 3.63) is 57.6 Å². The van der Waals surface area contributed by atoms with Crippen LogP contribution in [0.1, 0.15) is 21.8 Å². The van der Waals surface area contributed by atoms with Crippen LogP contribution < -0.4 is 5.48 Å². The van der Waals surface area contributed by atoms with E-state index in [1.807, 2.05) is 0 Å². The van der Waals surface area contributed by atoms with Crippen LogP contribution in [-0.4, -0.2) is 21.0 Å². The van der Waals surface area contributed by atoms with Gasteiger partial charge >= 0.3 is 5.88 Å². The molecular weight excluding hydrogens is 266 g/mol. The van der Waals surface area contributed by atoms with Gasteiger partial charge in [-0.1, -0.05) is 6.07 Å². The van der Waals surface area contributed by atoms with E-state index in [9.17, 15) is 14.9 Å². The summed E-state index contributed by atoms with van der Waals surface area (Å²) in [7, 11) is 0. The maximum atomic E-state index is 11.1. The highest BCUT2D eigenvalue weighted by Gasteiger charge is 2.09. The molecule has 0 fully saturated rings. The number of hydrogen-bond donors (Lipinski definition) is 2. The second-order valence-electron chi connectivity index (χ2n) is 3.68. The van der Waals surface area contributed by atoms with E-state index in [1.54, 1.807) is 12.1 Å². The van der Waals surface area contributed by atoms with E-state index in [0.29, 0.717) is 11.3 Å². The molecule has 2 N–H and O–H groups in total. The molecule has 0 unspecified atom stereocenters. The van der Waals surface area contributed by atoms with E-state index in [1.165, 1.54) is 36.0 Å². The molecule has 1 amide bonds. The van der Waals surface area contributed by atoms with Crippen LogP contribution in [0.15, 0.2) is 34.9 Å². The Hall–Kier alpha value is -3.00. The van der Waals surface area contributed by atoms with Gasteiger partial charge in [-0.15, -0.1) is 0 Å². The van der Waals surface area contributed by atoms with Gasteiger partial charge in [0.05, 0.1) is 6.07 Å². The molecule has 0 aliphatic heterocycles. The van der Waals surface area contributed by atoms with Gasteiger partial charge in [0.1, 0.15) is 16.4 Å². The summed E-state index contributed by atoms with van der Waals surface area (Å²) in [6, 6.07) is 5.75. The molecule has 0 aromatic carbocycles. The lowest BCUT2D eigenvalue weighted by molar-refractivity contribution is -0.402. The zero-order valence-electron chi connectivity index (χ0n) is 10.0. The highest BCUT2D eigenvalue weighted by Crippen LogP contribution is 2.17. The number of nitrogens with zero attached hydrogens (tertiary/aromatic N) is 2. The van der Waals surface area contributed by atoms with Crippen molar-refractivity contribution in [3.63, 3.8) is 0 Å². The molecule has 0 radical (unpaired) electrons. The number of hydroxylamine groups is 1. The minimum Gasteiger partial charge on any atom is -0.401 e. The predicted molar refractivity (Wildman–Crippen MR) is 67.8 cm³/mol. The lowest BCUT2D eigenvalue weighted by atomic mass is 10.2. The Morgan fingerprint density at radius 1 is 1.35 bits per heavy atom. The van der Waals surface area contributed by atoms with Crippen LogP contribution in [0.25, 0.3) is 12.2 Å². The zero-order chi connectivity index (χ0) is 14.5. The van der Waals surface area contributed by atoms with Crippen molar-refractivity contribution in [1.29, 1.82) is 0 Å². The van der Waals surface area contributed by atoms with Gasteiger partial charge in [-0.25, -0.2) is 5.48 Å². The second-order valence-corrected chi connectivity index (χ2v) is 3.68. The molecule has 2 rings (SSSR count). The molecular formula is C12H9N3O5. The number of rotatable bonds is 4. The fourth-order valence-electron chi connectivity index (χ4n) is 1.40. The Labute approximate surface area is 112 Å². The highest BCUT2D eigenvalue weighted by atomic mass is 16.6. The summed E-state index contributed by atoms with van der Waals surface area (Å²) in [5.41, 5.74) is 2.21. The largest absolute Gasteiger partial charge is 0.433 e. The molecule has 2 aromatic heterocycles. The maximum absolute atomic E-state index is 11.1. The highest BCUT2D eigenvalue weighted by molar-refractivity contribution is 5.91. The summed E-state index contributed by atoms with van der Waals surface area (Å²) >= 11 is 0. The standard InChI is InChI=1S/C12H9N3O5/c16-12(14-17)10-5-2-8(7-13-10)1-3-9-4-6-11(20-9)15(18)19/h1-7,17H,(H,14,16). The molecule has 0 atom stereocenters. The first kappa shape index (κ1) is 13.4. The first-order chi connectivity index (χ1) is 9.60. The normalized spacial score (nSPS) is 10.7. The van der Waals surface area contributed by atoms with Crippen LogP contribution in [0.3, 0.4) is 0 Å². The zero-order valence-corrected chi connectivity index (χ0v) is 10.0. The molecule has 8 nitrogen and oxygen atoms in total. The monoisotopic (exact) mass is 275 g/mol. The van der Waals surface area contributed by atoms with Crippen LogP contribution >= 0.6 is 0 Å². The summed E-state index contributed by atoms with van der Waals surface area (Å²) in [6.45, 7) is 0. The molecule has 0 saturated heterocycles. The Morgan fingerprint density at radius 3 is 2.70 bits per heavy atom. The molecule has 2 aromatic rings. The first-order valence-corrected chi connectivity index (χ1v) is 5.43. The van der Waals surface area contributed by atoms with Crippen molar-refractivity contribution in [2.45, 2.75) is 0 Å². The molecule has 0 saturated carbocycles. The van der Waals surface area contributed by atoms with Crippen molar-refractivity contribution in [1.82, 2.24) is 10.5 Å². The molecule has 2 heterocycles.